The number of nitrogens with zero attached hydrogens (tertiary/aromatic N) is 4. The zero-order chi connectivity index (χ0) is 31.5. The van der Waals surface area contributed by atoms with Gasteiger partial charge in [-0.2, -0.15) is 0 Å². The van der Waals surface area contributed by atoms with Gasteiger partial charge >= 0.3 is 6.09 Å². The van der Waals surface area contributed by atoms with E-state index in [0.29, 0.717) is 53.8 Å². The Morgan fingerprint density at radius 3 is 2.42 bits per heavy atom. The fourth-order valence-corrected chi connectivity index (χ4v) is 6.27. The van der Waals surface area contributed by atoms with Gasteiger partial charge in [0.2, 0.25) is 0 Å². The Morgan fingerprint density at radius 2 is 1.73 bits per heavy atom. The van der Waals surface area contributed by atoms with Gasteiger partial charge in [0.1, 0.15) is 5.69 Å². The summed E-state index contributed by atoms with van der Waals surface area (Å²) >= 11 is 12.7. The zero-order valence-electron chi connectivity index (χ0n) is 25.0. The lowest BCUT2D eigenvalue weighted by molar-refractivity contribution is 0.0857. The van der Waals surface area contributed by atoms with Gasteiger partial charge in [0.05, 0.1) is 24.4 Å². The van der Waals surface area contributed by atoms with Gasteiger partial charge in [0.15, 0.2) is 0 Å². The van der Waals surface area contributed by atoms with Gasteiger partial charge in [-0.15, -0.1) is 0 Å². The summed E-state index contributed by atoms with van der Waals surface area (Å²) in [4.78, 5) is 36.6. The monoisotopic (exact) mass is 641 g/mol. The minimum Gasteiger partial charge on any atom is -0.450 e. The highest BCUT2D eigenvalue weighted by molar-refractivity contribution is 6.31. The number of pyridine rings is 1. The Labute approximate surface area is 272 Å². The maximum atomic E-state index is 13.6. The van der Waals surface area contributed by atoms with Gasteiger partial charge in [0.25, 0.3) is 5.91 Å². The molecule has 3 aromatic carbocycles. The second-order valence-electron chi connectivity index (χ2n) is 11.2. The molecule has 8 nitrogen and oxygen atoms in total. The minimum atomic E-state index is -0.314. The first-order chi connectivity index (χ1) is 21.8. The maximum absolute atomic E-state index is 13.6. The van der Waals surface area contributed by atoms with Crippen LogP contribution >= 0.6 is 23.2 Å². The second-order valence-corrected chi connectivity index (χ2v) is 12.1. The molecule has 230 valence electrons. The third kappa shape index (κ3) is 6.67. The number of ether oxygens (including phenoxy) is 1. The lowest BCUT2D eigenvalue weighted by atomic mass is 9.87. The molecule has 2 amide bonds. The molecule has 1 saturated heterocycles. The first-order valence-electron chi connectivity index (χ1n) is 15.0. The molecule has 1 atom stereocenters. The Kier molecular flexibility index (Phi) is 9.05. The average molecular weight is 643 g/mol. The van der Waals surface area contributed by atoms with E-state index in [1.54, 1.807) is 18.2 Å². The molecule has 10 heteroatoms. The van der Waals surface area contributed by atoms with Gasteiger partial charge in [-0.25, -0.2) is 14.8 Å². The summed E-state index contributed by atoms with van der Waals surface area (Å²) in [5.41, 5.74) is 5.89. The first kappa shape index (κ1) is 30.6. The van der Waals surface area contributed by atoms with Crippen LogP contribution in [0.4, 0.5) is 4.79 Å². The summed E-state index contributed by atoms with van der Waals surface area (Å²) in [5, 5.41) is 5.30. The van der Waals surface area contributed by atoms with Crippen molar-refractivity contribution in [3.05, 3.63) is 118 Å². The van der Waals surface area contributed by atoms with Gasteiger partial charge < -0.3 is 19.5 Å². The van der Waals surface area contributed by atoms with Crippen LogP contribution < -0.4 is 5.32 Å². The molecule has 0 spiro atoms. The number of benzene rings is 3. The molecule has 0 saturated carbocycles. The summed E-state index contributed by atoms with van der Waals surface area (Å²) in [6.45, 7) is 3.18. The van der Waals surface area contributed by atoms with Gasteiger partial charge in [0, 0.05) is 53.5 Å². The highest BCUT2D eigenvalue weighted by Crippen LogP contribution is 2.37. The van der Waals surface area contributed by atoms with Crippen LogP contribution in [0.25, 0.3) is 22.0 Å². The predicted octanol–water partition coefficient (Wildman–Crippen LogP) is 7.47. The second kappa shape index (κ2) is 13.3. The molecule has 1 unspecified atom stereocenters. The van der Waals surface area contributed by atoms with Crippen LogP contribution in [0, 0.1) is 0 Å². The van der Waals surface area contributed by atoms with Crippen LogP contribution in [-0.2, 0) is 11.8 Å². The van der Waals surface area contributed by atoms with Crippen molar-refractivity contribution in [2.45, 2.75) is 31.7 Å². The van der Waals surface area contributed by atoms with Crippen molar-refractivity contribution < 1.29 is 14.3 Å². The van der Waals surface area contributed by atoms with Crippen LogP contribution in [0.1, 0.15) is 53.0 Å². The van der Waals surface area contributed by atoms with E-state index < -0.39 is 0 Å². The molecule has 0 aliphatic carbocycles. The molecule has 1 aliphatic heterocycles. The van der Waals surface area contributed by atoms with E-state index >= 15 is 0 Å². The van der Waals surface area contributed by atoms with E-state index in [9.17, 15) is 9.59 Å². The average Bonchev–Trinajstić information content (AvgIpc) is 3.47. The summed E-state index contributed by atoms with van der Waals surface area (Å²) in [5.74, 6) is -0.373. The summed E-state index contributed by atoms with van der Waals surface area (Å²) < 4.78 is 7.14. The number of carbonyl (C=O) groups excluding carboxylic acids is 2. The predicted molar refractivity (Wildman–Crippen MR) is 177 cm³/mol. The van der Waals surface area contributed by atoms with Crippen molar-refractivity contribution in [3.63, 3.8) is 0 Å². The standard InChI is InChI=1S/C35H33Cl2N5O3/c1-3-45-35(44)42-15-13-27(14-16-42)39-34(43)31-19-28(23-5-4-6-26(37)17-23)29-18-24(9-12-30(29)40-31)33(32-20-38-21-41(32)2)22-7-10-25(36)11-8-22/h4-12,17-21,27,33H,3,13-16H2,1-2H3,(H,39,43). The van der Waals surface area contributed by atoms with Crippen LogP contribution in [0.3, 0.4) is 0 Å². The van der Waals surface area contributed by atoms with Crippen molar-refractivity contribution in [2.75, 3.05) is 19.7 Å². The Bertz CT molecular complexity index is 1850. The molecule has 45 heavy (non-hydrogen) atoms. The molecule has 1 aliphatic rings. The van der Waals surface area contributed by atoms with Gasteiger partial charge in [-0.1, -0.05) is 53.5 Å². The van der Waals surface area contributed by atoms with E-state index in [1.165, 1.54) is 0 Å². The lowest BCUT2D eigenvalue weighted by Gasteiger charge is -2.31. The van der Waals surface area contributed by atoms with E-state index in [0.717, 1.165) is 33.3 Å². The normalized spacial score (nSPS) is 14.4. The van der Waals surface area contributed by atoms with E-state index in [-0.39, 0.29) is 24.0 Å². The number of aryl methyl sites for hydroxylation is 1. The molecule has 2 aromatic heterocycles. The quantitative estimate of drug-likeness (QED) is 0.199. The zero-order valence-corrected chi connectivity index (χ0v) is 26.6. The van der Waals surface area contributed by atoms with Crippen LogP contribution in [0.2, 0.25) is 10.0 Å². The Hall–Kier alpha value is -4.40. The van der Waals surface area contributed by atoms with Crippen LogP contribution in [0.5, 0.6) is 0 Å². The number of imidazole rings is 1. The summed E-state index contributed by atoms with van der Waals surface area (Å²) in [6.07, 6.45) is 4.64. The number of likely N-dealkylation sites (tertiary alicyclic amines) is 1. The molecule has 5 aromatic rings. The molecule has 0 radical (unpaired) electrons. The number of aromatic nitrogens is 3. The number of halogens is 2. The maximum Gasteiger partial charge on any atom is 0.409 e. The highest BCUT2D eigenvalue weighted by atomic mass is 35.5. The largest absolute Gasteiger partial charge is 0.450 e. The first-order valence-corrected chi connectivity index (χ1v) is 15.7. The van der Waals surface area contributed by atoms with Crippen molar-refractivity contribution >= 4 is 46.1 Å². The third-order valence-electron chi connectivity index (χ3n) is 8.24. The third-order valence-corrected chi connectivity index (χ3v) is 8.73. The number of nitrogens with one attached hydrogen (secondary N) is 1. The minimum absolute atomic E-state index is 0.0725. The highest BCUT2D eigenvalue weighted by Gasteiger charge is 2.26. The fourth-order valence-electron chi connectivity index (χ4n) is 5.95. The number of amides is 2. The topological polar surface area (TPSA) is 89.4 Å². The van der Waals surface area contributed by atoms with Crippen LogP contribution in [0.15, 0.2) is 85.3 Å². The molecule has 6 rings (SSSR count). The number of rotatable bonds is 7. The van der Waals surface area contributed by atoms with Crippen molar-refractivity contribution in [3.8, 4) is 11.1 Å². The molecule has 1 N–H and O–H groups in total. The Morgan fingerprint density at radius 1 is 0.978 bits per heavy atom. The van der Waals surface area contributed by atoms with Crippen molar-refractivity contribution in [1.29, 1.82) is 0 Å². The number of carbonyl (C=O) groups is 2. The SMILES string of the molecule is CCOC(=O)N1CCC(NC(=O)c2cc(-c3cccc(Cl)c3)c3cc(C(c4ccc(Cl)cc4)c4cncn4C)ccc3n2)CC1. The van der Waals surface area contributed by atoms with E-state index in [2.05, 4.69) is 22.4 Å². The number of piperidine rings is 1. The van der Waals surface area contributed by atoms with Crippen molar-refractivity contribution in [1.82, 2.24) is 24.8 Å². The summed E-state index contributed by atoms with van der Waals surface area (Å²) in [6, 6.07) is 23.4. The van der Waals surface area contributed by atoms with Gasteiger partial charge in [-0.3, -0.25) is 4.79 Å². The smallest absolute Gasteiger partial charge is 0.409 e. The summed E-state index contributed by atoms with van der Waals surface area (Å²) in [7, 11) is 1.98. The van der Waals surface area contributed by atoms with Crippen LogP contribution in [-0.4, -0.2) is 57.2 Å². The fraction of sp³-hybridized carbons (Fsp3) is 0.257. The van der Waals surface area contributed by atoms with Crippen molar-refractivity contribution in [2.24, 2.45) is 7.05 Å². The number of fused-ring (bicyclic) bond motifs is 1. The molecule has 0 bridgehead atoms. The Balaban J connectivity index is 1.38. The molecule has 1 fully saturated rings. The molecule has 3 heterocycles. The number of hydrogen-bond acceptors (Lipinski definition) is 5. The van der Waals surface area contributed by atoms with E-state index in [4.69, 9.17) is 32.9 Å². The molecular formula is C35H33Cl2N5O3. The van der Waals surface area contributed by atoms with Gasteiger partial charge in [-0.05, 0) is 84.5 Å². The molecular weight excluding hydrogens is 609 g/mol. The lowest BCUT2D eigenvalue weighted by Crippen LogP contribution is -2.46. The number of hydrogen-bond donors (Lipinski definition) is 1. The van der Waals surface area contributed by atoms with E-state index in [1.807, 2.05) is 78.5 Å².